The number of ether oxygens (including phenoxy) is 1. The van der Waals surface area contributed by atoms with Crippen LogP contribution in [0, 0.1) is 6.92 Å². The molecule has 2 aromatic rings. The molecule has 4 nitrogen and oxygen atoms in total. The summed E-state index contributed by atoms with van der Waals surface area (Å²) in [6.45, 7) is 6.33. The Bertz CT molecular complexity index is 618. The summed E-state index contributed by atoms with van der Waals surface area (Å²) in [5, 5.41) is 2.45. The van der Waals surface area contributed by atoms with Gasteiger partial charge in [0.25, 0.3) is 0 Å². The average Bonchev–Trinajstić information content (AvgIpc) is 2.48. The topological polar surface area (TPSA) is 28.6 Å². The van der Waals surface area contributed by atoms with Crippen molar-refractivity contribution in [3.63, 3.8) is 0 Å². The maximum atomic E-state index is 5.37. The van der Waals surface area contributed by atoms with Gasteiger partial charge in [0.15, 0.2) is 0 Å². The van der Waals surface area contributed by atoms with Crippen LogP contribution in [0.15, 0.2) is 24.4 Å². The number of rotatable bonds is 2. The highest BCUT2D eigenvalue weighted by Gasteiger charge is 2.18. The van der Waals surface area contributed by atoms with Crippen LogP contribution in [0.2, 0.25) is 0 Å². The molecule has 1 aliphatic rings. The second-order valence-corrected chi connectivity index (χ2v) is 5.47. The predicted molar refractivity (Wildman–Crippen MR) is 82.7 cm³/mol. The van der Waals surface area contributed by atoms with Crippen LogP contribution in [0.25, 0.3) is 10.8 Å². The number of anilines is 1. The third-order valence-electron chi connectivity index (χ3n) is 4.08. The third kappa shape index (κ3) is 2.31. The summed E-state index contributed by atoms with van der Waals surface area (Å²) in [7, 11) is 3.88. The first-order valence-electron chi connectivity index (χ1n) is 7.06. The summed E-state index contributed by atoms with van der Waals surface area (Å²) in [4.78, 5) is 9.41. The zero-order chi connectivity index (χ0) is 14.1. The molecule has 4 heteroatoms. The number of methoxy groups -OCH3 is 1. The zero-order valence-electron chi connectivity index (χ0n) is 12.4. The highest BCUT2D eigenvalue weighted by atomic mass is 16.5. The van der Waals surface area contributed by atoms with Gasteiger partial charge in [0.05, 0.1) is 7.11 Å². The first kappa shape index (κ1) is 13.2. The van der Waals surface area contributed by atoms with Crippen molar-refractivity contribution in [2.45, 2.75) is 6.92 Å². The van der Waals surface area contributed by atoms with Gasteiger partial charge < -0.3 is 14.5 Å². The number of hydrogen-bond acceptors (Lipinski definition) is 4. The molecule has 0 spiro atoms. The molecule has 0 amide bonds. The van der Waals surface area contributed by atoms with Gasteiger partial charge in [-0.15, -0.1) is 0 Å². The number of nitrogens with zero attached hydrogens (tertiary/aromatic N) is 3. The molecule has 1 aromatic heterocycles. The number of piperazine rings is 1. The Labute approximate surface area is 120 Å². The van der Waals surface area contributed by atoms with E-state index < -0.39 is 0 Å². The molecule has 1 fully saturated rings. The number of pyridine rings is 1. The molecule has 20 heavy (non-hydrogen) atoms. The molecule has 0 unspecified atom stereocenters. The van der Waals surface area contributed by atoms with Crippen LogP contribution in [0.3, 0.4) is 0 Å². The van der Waals surface area contributed by atoms with Crippen molar-refractivity contribution >= 4 is 16.6 Å². The van der Waals surface area contributed by atoms with E-state index in [4.69, 9.17) is 4.74 Å². The number of fused-ring (bicyclic) bond motifs is 1. The fraction of sp³-hybridized carbons (Fsp3) is 0.438. The molecule has 1 aliphatic heterocycles. The van der Waals surface area contributed by atoms with Gasteiger partial charge in [-0.1, -0.05) is 6.07 Å². The lowest BCUT2D eigenvalue weighted by Gasteiger charge is -2.34. The Balaban J connectivity index is 2.07. The van der Waals surface area contributed by atoms with Crippen molar-refractivity contribution in [1.82, 2.24) is 9.88 Å². The molecule has 106 valence electrons. The maximum absolute atomic E-state index is 5.37. The minimum atomic E-state index is 0.889. The van der Waals surface area contributed by atoms with E-state index >= 15 is 0 Å². The lowest BCUT2D eigenvalue weighted by molar-refractivity contribution is 0.312. The molecule has 0 aliphatic carbocycles. The van der Waals surface area contributed by atoms with Crippen LogP contribution in [-0.2, 0) is 0 Å². The summed E-state index contributed by atoms with van der Waals surface area (Å²) in [5.41, 5.74) is 1.21. The molecule has 0 saturated carbocycles. The largest absolute Gasteiger partial charge is 0.497 e. The van der Waals surface area contributed by atoms with Crippen molar-refractivity contribution in [2.75, 3.05) is 45.2 Å². The van der Waals surface area contributed by atoms with Gasteiger partial charge in [0, 0.05) is 37.8 Å². The molecule has 0 N–H and O–H groups in total. The van der Waals surface area contributed by atoms with Crippen LogP contribution in [0.5, 0.6) is 5.75 Å². The van der Waals surface area contributed by atoms with Crippen molar-refractivity contribution in [1.29, 1.82) is 0 Å². The normalized spacial score (nSPS) is 16.6. The van der Waals surface area contributed by atoms with E-state index in [1.165, 1.54) is 16.3 Å². The molecule has 1 saturated heterocycles. The minimum absolute atomic E-state index is 0.889. The molecular weight excluding hydrogens is 250 g/mol. The minimum Gasteiger partial charge on any atom is -0.497 e. The Kier molecular flexibility index (Phi) is 3.49. The summed E-state index contributed by atoms with van der Waals surface area (Å²) in [6, 6.07) is 6.25. The molecule has 2 heterocycles. The van der Waals surface area contributed by atoms with E-state index in [0.29, 0.717) is 0 Å². The third-order valence-corrected chi connectivity index (χ3v) is 4.08. The van der Waals surface area contributed by atoms with E-state index in [9.17, 15) is 0 Å². The Morgan fingerprint density at radius 3 is 2.55 bits per heavy atom. The lowest BCUT2D eigenvalue weighted by atomic mass is 10.1. The number of hydrogen-bond donors (Lipinski definition) is 0. The number of benzene rings is 1. The van der Waals surface area contributed by atoms with Gasteiger partial charge in [-0.25, -0.2) is 4.98 Å². The molecule has 3 rings (SSSR count). The van der Waals surface area contributed by atoms with Crippen LogP contribution < -0.4 is 9.64 Å². The summed E-state index contributed by atoms with van der Waals surface area (Å²) in [6.07, 6.45) is 1.97. The Hall–Kier alpha value is -1.81. The fourth-order valence-corrected chi connectivity index (χ4v) is 2.75. The first-order valence-corrected chi connectivity index (χ1v) is 7.06. The standard InChI is InChI=1S/C16H21N3O/c1-12-11-17-16(19-8-6-18(2)7-9-19)15-10-13(20-3)4-5-14(12)15/h4-5,10-11H,6-9H2,1-3H3. The fourth-order valence-electron chi connectivity index (χ4n) is 2.75. The molecule has 0 bridgehead atoms. The van der Waals surface area contributed by atoms with Crippen LogP contribution in [-0.4, -0.2) is 50.2 Å². The second kappa shape index (κ2) is 5.29. The van der Waals surface area contributed by atoms with E-state index in [2.05, 4.69) is 40.9 Å². The Morgan fingerprint density at radius 1 is 1.10 bits per heavy atom. The summed E-state index contributed by atoms with van der Waals surface area (Å²) >= 11 is 0. The zero-order valence-corrected chi connectivity index (χ0v) is 12.4. The SMILES string of the molecule is COc1ccc2c(C)cnc(N3CCN(C)CC3)c2c1. The van der Waals surface area contributed by atoms with Gasteiger partial charge in [0.2, 0.25) is 0 Å². The van der Waals surface area contributed by atoms with Gasteiger partial charge in [-0.3, -0.25) is 0 Å². The maximum Gasteiger partial charge on any atom is 0.136 e. The second-order valence-electron chi connectivity index (χ2n) is 5.47. The summed E-state index contributed by atoms with van der Waals surface area (Å²) < 4.78 is 5.37. The highest BCUT2D eigenvalue weighted by Crippen LogP contribution is 2.30. The van der Waals surface area contributed by atoms with Crippen LogP contribution in [0.4, 0.5) is 5.82 Å². The summed E-state index contributed by atoms with van der Waals surface area (Å²) in [5.74, 6) is 1.97. The quantitative estimate of drug-likeness (QED) is 0.838. The predicted octanol–water partition coefficient (Wildman–Crippen LogP) is 2.30. The molecular formula is C16H21N3O. The van der Waals surface area contributed by atoms with E-state index in [0.717, 1.165) is 37.7 Å². The van der Waals surface area contributed by atoms with Gasteiger partial charge >= 0.3 is 0 Å². The molecule has 0 radical (unpaired) electrons. The van der Waals surface area contributed by atoms with E-state index in [1.807, 2.05) is 12.3 Å². The van der Waals surface area contributed by atoms with Crippen LogP contribution in [0.1, 0.15) is 5.56 Å². The smallest absolute Gasteiger partial charge is 0.136 e. The molecule has 1 aromatic carbocycles. The van der Waals surface area contributed by atoms with Gasteiger partial charge in [-0.05, 0) is 37.1 Å². The van der Waals surface area contributed by atoms with Crippen LogP contribution >= 0.6 is 0 Å². The number of likely N-dealkylation sites (N-methyl/N-ethyl adjacent to an activating group) is 1. The first-order chi connectivity index (χ1) is 9.69. The molecule has 0 atom stereocenters. The van der Waals surface area contributed by atoms with Crippen molar-refractivity contribution in [3.8, 4) is 5.75 Å². The lowest BCUT2D eigenvalue weighted by Crippen LogP contribution is -2.44. The van der Waals surface area contributed by atoms with Gasteiger partial charge in [0.1, 0.15) is 11.6 Å². The van der Waals surface area contributed by atoms with E-state index in [-0.39, 0.29) is 0 Å². The van der Waals surface area contributed by atoms with E-state index in [1.54, 1.807) is 7.11 Å². The average molecular weight is 271 g/mol. The van der Waals surface area contributed by atoms with Crippen molar-refractivity contribution in [2.24, 2.45) is 0 Å². The van der Waals surface area contributed by atoms with Crippen molar-refractivity contribution in [3.05, 3.63) is 30.0 Å². The Morgan fingerprint density at radius 2 is 1.85 bits per heavy atom. The van der Waals surface area contributed by atoms with Gasteiger partial charge in [-0.2, -0.15) is 0 Å². The van der Waals surface area contributed by atoms with Crippen molar-refractivity contribution < 1.29 is 4.74 Å². The highest BCUT2D eigenvalue weighted by molar-refractivity contribution is 5.95. The number of aromatic nitrogens is 1. The number of aryl methyl sites for hydroxylation is 1. The monoisotopic (exact) mass is 271 g/mol.